The molecule has 0 aromatic heterocycles. The minimum absolute atomic E-state index is 0.191. The molecule has 31 heavy (non-hydrogen) atoms. The summed E-state index contributed by atoms with van der Waals surface area (Å²) in [6.45, 7) is 0.191. The van der Waals surface area contributed by atoms with Crippen molar-refractivity contribution in [3.8, 4) is 5.75 Å². The Bertz CT molecular complexity index is 1140. The Hall–Kier alpha value is -3.93. The van der Waals surface area contributed by atoms with Crippen LogP contribution in [0.15, 0.2) is 84.6 Å². The summed E-state index contributed by atoms with van der Waals surface area (Å²) < 4.78 is 18.5. The monoisotopic (exact) mass is 416 g/mol. The summed E-state index contributed by atoms with van der Waals surface area (Å²) in [5.74, 6) is -0.534. The summed E-state index contributed by atoms with van der Waals surface area (Å²) in [7, 11) is 1.55. The van der Waals surface area contributed by atoms with Gasteiger partial charge in [-0.1, -0.05) is 54.6 Å². The standard InChI is InChI=1S/C25H21FN2O3/c1-31-21-10-6-5-9-20(21)27-23-22(18-7-3-2-4-8-18)24(29)28(25(23)30)16-15-17-11-13-19(26)14-12-17/h2-14,27H,15-16H2,1H3. The van der Waals surface area contributed by atoms with E-state index < -0.39 is 5.91 Å². The summed E-state index contributed by atoms with van der Waals surface area (Å²) in [5.41, 5.74) is 2.61. The van der Waals surface area contributed by atoms with Crippen molar-refractivity contribution in [2.75, 3.05) is 19.0 Å². The molecule has 0 saturated carbocycles. The van der Waals surface area contributed by atoms with Crippen LogP contribution < -0.4 is 10.1 Å². The second-order valence-corrected chi connectivity index (χ2v) is 7.08. The molecular formula is C25H21FN2O3. The molecule has 0 fully saturated rings. The fraction of sp³-hybridized carbons (Fsp3) is 0.120. The van der Waals surface area contributed by atoms with Gasteiger partial charge in [-0.05, 0) is 41.8 Å². The molecule has 1 heterocycles. The zero-order valence-corrected chi connectivity index (χ0v) is 17.0. The van der Waals surface area contributed by atoms with E-state index in [1.165, 1.54) is 17.0 Å². The number of nitrogens with zero attached hydrogens (tertiary/aromatic N) is 1. The molecule has 156 valence electrons. The quantitative estimate of drug-likeness (QED) is 0.585. The van der Waals surface area contributed by atoms with Crippen LogP contribution in [0.1, 0.15) is 11.1 Å². The Balaban J connectivity index is 1.66. The van der Waals surface area contributed by atoms with Gasteiger partial charge in [0.2, 0.25) is 0 Å². The van der Waals surface area contributed by atoms with Gasteiger partial charge in [-0.25, -0.2) is 4.39 Å². The maximum Gasteiger partial charge on any atom is 0.278 e. The van der Waals surface area contributed by atoms with Crippen LogP contribution in [-0.2, 0) is 16.0 Å². The lowest BCUT2D eigenvalue weighted by atomic mass is 10.0. The topological polar surface area (TPSA) is 58.6 Å². The van der Waals surface area contributed by atoms with Gasteiger partial charge in [0.05, 0.1) is 18.4 Å². The second-order valence-electron chi connectivity index (χ2n) is 7.08. The SMILES string of the molecule is COc1ccccc1NC1=C(c2ccccc2)C(=O)N(CCc2ccc(F)cc2)C1=O. The second kappa shape index (κ2) is 8.83. The van der Waals surface area contributed by atoms with Crippen LogP contribution >= 0.6 is 0 Å². The van der Waals surface area contributed by atoms with Gasteiger partial charge in [0.1, 0.15) is 17.3 Å². The first kappa shape index (κ1) is 20.3. The minimum Gasteiger partial charge on any atom is -0.495 e. The van der Waals surface area contributed by atoms with Gasteiger partial charge in [-0.2, -0.15) is 0 Å². The number of ether oxygens (including phenoxy) is 1. The summed E-state index contributed by atoms with van der Waals surface area (Å²) in [6.07, 6.45) is 0.432. The predicted octanol–water partition coefficient (Wildman–Crippen LogP) is 4.27. The number of anilines is 1. The molecule has 0 saturated heterocycles. The largest absolute Gasteiger partial charge is 0.495 e. The number of hydrogen-bond donors (Lipinski definition) is 1. The van der Waals surface area contributed by atoms with E-state index in [2.05, 4.69) is 5.32 Å². The van der Waals surface area contributed by atoms with E-state index in [-0.39, 0.29) is 24.0 Å². The van der Waals surface area contributed by atoms with Crippen molar-refractivity contribution < 1.29 is 18.7 Å². The Kier molecular flexibility index (Phi) is 5.80. The number of halogens is 1. The molecule has 0 atom stereocenters. The van der Waals surface area contributed by atoms with E-state index >= 15 is 0 Å². The van der Waals surface area contributed by atoms with Gasteiger partial charge in [-0.3, -0.25) is 14.5 Å². The van der Waals surface area contributed by atoms with Crippen LogP contribution in [0, 0.1) is 5.82 Å². The van der Waals surface area contributed by atoms with Crippen LogP contribution in [0.25, 0.3) is 5.57 Å². The van der Waals surface area contributed by atoms with Crippen LogP contribution in [0.4, 0.5) is 10.1 Å². The first-order valence-electron chi connectivity index (χ1n) is 9.89. The van der Waals surface area contributed by atoms with Crippen LogP contribution in [0.5, 0.6) is 5.75 Å². The van der Waals surface area contributed by atoms with E-state index in [1.807, 2.05) is 30.3 Å². The molecule has 0 unspecified atom stereocenters. The maximum absolute atomic E-state index is 13.3. The van der Waals surface area contributed by atoms with Gasteiger partial charge >= 0.3 is 0 Å². The number of methoxy groups -OCH3 is 1. The Labute approximate surface area is 179 Å². The number of carbonyl (C=O) groups excluding carboxylic acids is 2. The van der Waals surface area contributed by atoms with E-state index in [1.54, 1.807) is 43.5 Å². The number of hydrogen-bond acceptors (Lipinski definition) is 4. The highest BCUT2D eigenvalue weighted by Gasteiger charge is 2.39. The number of carbonyl (C=O) groups is 2. The summed E-state index contributed by atoms with van der Waals surface area (Å²) in [6, 6.07) is 22.3. The smallest absolute Gasteiger partial charge is 0.278 e. The molecule has 3 aromatic rings. The normalized spacial score (nSPS) is 13.7. The molecule has 1 aliphatic rings. The summed E-state index contributed by atoms with van der Waals surface area (Å²) >= 11 is 0. The van der Waals surface area contributed by atoms with Crippen molar-refractivity contribution in [2.45, 2.75) is 6.42 Å². The number of rotatable bonds is 7. The molecule has 6 heteroatoms. The highest BCUT2D eigenvalue weighted by atomic mass is 19.1. The zero-order chi connectivity index (χ0) is 21.8. The van der Waals surface area contributed by atoms with Crippen LogP contribution in [0.3, 0.4) is 0 Å². The maximum atomic E-state index is 13.3. The fourth-order valence-electron chi connectivity index (χ4n) is 3.54. The summed E-state index contributed by atoms with van der Waals surface area (Å²) in [5, 5.41) is 3.12. The zero-order valence-electron chi connectivity index (χ0n) is 17.0. The van der Waals surface area contributed by atoms with Gasteiger partial charge in [-0.15, -0.1) is 0 Å². The Morgan fingerprint density at radius 1 is 0.871 bits per heavy atom. The van der Waals surface area contributed by atoms with Crippen molar-refractivity contribution in [1.82, 2.24) is 4.90 Å². The van der Waals surface area contributed by atoms with E-state index in [4.69, 9.17) is 4.74 Å². The first-order valence-corrected chi connectivity index (χ1v) is 9.89. The molecule has 0 radical (unpaired) electrons. The molecule has 4 rings (SSSR count). The molecule has 0 bridgehead atoms. The average molecular weight is 416 g/mol. The highest BCUT2D eigenvalue weighted by Crippen LogP contribution is 2.33. The minimum atomic E-state index is -0.406. The lowest BCUT2D eigenvalue weighted by Crippen LogP contribution is -2.34. The molecule has 5 nitrogen and oxygen atoms in total. The van der Waals surface area contributed by atoms with Gasteiger partial charge in [0.25, 0.3) is 11.8 Å². The third kappa shape index (κ3) is 4.19. The first-order chi connectivity index (χ1) is 15.1. The molecule has 0 spiro atoms. The molecule has 0 aliphatic carbocycles. The molecule has 2 amide bonds. The average Bonchev–Trinajstić information content (AvgIpc) is 3.03. The third-order valence-corrected chi connectivity index (χ3v) is 5.13. The fourth-order valence-corrected chi connectivity index (χ4v) is 3.54. The van der Waals surface area contributed by atoms with E-state index in [9.17, 15) is 14.0 Å². The van der Waals surface area contributed by atoms with Crippen molar-refractivity contribution >= 4 is 23.1 Å². The molecular weight excluding hydrogens is 395 g/mol. The van der Waals surface area contributed by atoms with Crippen molar-refractivity contribution in [1.29, 1.82) is 0 Å². The molecule has 3 aromatic carbocycles. The molecule has 1 aliphatic heterocycles. The number of imide groups is 1. The van der Waals surface area contributed by atoms with Crippen LogP contribution in [-0.4, -0.2) is 30.4 Å². The Morgan fingerprint density at radius 3 is 2.26 bits per heavy atom. The lowest BCUT2D eigenvalue weighted by molar-refractivity contribution is -0.136. The summed E-state index contributed by atoms with van der Waals surface area (Å²) in [4.78, 5) is 27.8. The van der Waals surface area contributed by atoms with Crippen molar-refractivity contribution in [3.05, 3.63) is 102 Å². The number of amides is 2. The number of para-hydroxylation sites is 2. The Morgan fingerprint density at radius 2 is 1.55 bits per heavy atom. The van der Waals surface area contributed by atoms with E-state index in [0.29, 0.717) is 29.0 Å². The third-order valence-electron chi connectivity index (χ3n) is 5.13. The van der Waals surface area contributed by atoms with E-state index in [0.717, 1.165) is 5.56 Å². The predicted molar refractivity (Wildman–Crippen MR) is 117 cm³/mol. The number of benzene rings is 3. The lowest BCUT2D eigenvalue weighted by Gasteiger charge is -2.16. The van der Waals surface area contributed by atoms with Crippen LogP contribution in [0.2, 0.25) is 0 Å². The van der Waals surface area contributed by atoms with Gasteiger partial charge < -0.3 is 10.1 Å². The van der Waals surface area contributed by atoms with Gasteiger partial charge in [0.15, 0.2) is 0 Å². The van der Waals surface area contributed by atoms with Crippen molar-refractivity contribution in [3.63, 3.8) is 0 Å². The highest BCUT2D eigenvalue weighted by molar-refractivity contribution is 6.36. The van der Waals surface area contributed by atoms with Crippen molar-refractivity contribution in [2.24, 2.45) is 0 Å². The van der Waals surface area contributed by atoms with Gasteiger partial charge in [0, 0.05) is 6.54 Å². The molecule has 1 N–H and O–H groups in total. The number of nitrogens with one attached hydrogen (secondary N) is 1.